The lowest BCUT2D eigenvalue weighted by molar-refractivity contribution is -0.384. The van der Waals surface area contributed by atoms with E-state index in [4.69, 9.17) is 19.2 Å². The van der Waals surface area contributed by atoms with Crippen LogP contribution in [0.15, 0.2) is 112 Å². The summed E-state index contributed by atoms with van der Waals surface area (Å²) in [7, 11) is 1.53. The molecule has 4 aromatic carbocycles. The Bertz CT molecular complexity index is 2260. The van der Waals surface area contributed by atoms with Crippen molar-refractivity contribution in [2.75, 3.05) is 13.7 Å². The van der Waals surface area contributed by atoms with Gasteiger partial charge in [0, 0.05) is 17.7 Å². The molecule has 0 N–H and O–H groups in total. The summed E-state index contributed by atoms with van der Waals surface area (Å²) in [4.78, 5) is 43.9. The number of rotatable bonds is 11. The Morgan fingerprint density at radius 2 is 1.72 bits per heavy atom. The van der Waals surface area contributed by atoms with Crippen molar-refractivity contribution in [1.29, 1.82) is 0 Å². The summed E-state index contributed by atoms with van der Waals surface area (Å²) in [5.74, 6) is 0.701. The van der Waals surface area contributed by atoms with Crippen LogP contribution in [0.5, 0.6) is 11.5 Å². The van der Waals surface area contributed by atoms with Crippen LogP contribution >= 0.6 is 11.3 Å². The van der Waals surface area contributed by atoms with Crippen molar-refractivity contribution < 1.29 is 23.9 Å². The van der Waals surface area contributed by atoms with Gasteiger partial charge in [-0.2, -0.15) is 0 Å². The fraction of sp³-hybridized carbons (Fsp3) is 0.205. The van der Waals surface area contributed by atoms with Crippen LogP contribution in [0.25, 0.3) is 11.8 Å². The first kappa shape index (κ1) is 34.1. The highest BCUT2D eigenvalue weighted by Crippen LogP contribution is 2.36. The summed E-state index contributed by atoms with van der Waals surface area (Å²) >= 11 is 1.24. The number of nitro groups is 1. The lowest BCUT2D eigenvalue weighted by Gasteiger charge is -2.26. The lowest BCUT2D eigenvalue weighted by Crippen LogP contribution is -2.40. The topological polar surface area (TPSA) is 122 Å². The maximum absolute atomic E-state index is 14.3. The van der Waals surface area contributed by atoms with Gasteiger partial charge in [0.05, 0.1) is 40.5 Å². The van der Waals surface area contributed by atoms with E-state index in [1.807, 2.05) is 60.7 Å². The number of nitrogens with zero attached hydrogens (tertiary/aromatic N) is 3. The van der Waals surface area contributed by atoms with Gasteiger partial charge in [-0.1, -0.05) is 85.8 Å². The normalized spacial score (nSPS) is 14.3. The number of esters is 1. The third-order valence-electron chi connectivity index (χ3n) is 8.32. The summed E-state index contributed by atoms with van der Waals surface area (Å²) in [6, 6.07) is 28.1. The molecule has 0 unspecified atom stereocenters. The Morgan fingerprint density at radius 1 is 1.00 bits per heavy atom. The molecule has 0 aliphatic carbocycles. The third-order valence-corrected chi connectivity index (χ3v) is 9.30. The highest BCUT2D eigenvalue weighted by molar-refractivity contribution is 7.07. The van der Waals surface area contributed by atoms with Crippen LogP contribution in [-0.4, -0.2) is 29.2 Å². The molecular weight excluding hydrogens is 655 g/mol. The number of hydrogen-bond donors (Lipinski definition) is 0. The SMILES string of the molecule is CCOC(=O)C1=C(c2ccccc2)N=c2s/c(=C\c3ccc(OCc4ccc([N+](=O)[O-])cc4)c(OC)c3)c(=O)n2[C@H]1c1ccc(C(C)C)cc1. The van der Waals surface area contributed by atoms with Gasteiger partial charge in [-0.15, -0.1) is 0 Å². The maximum Gasteiger partial charge on any atom is 0.338 e. The van der Waals surface area contributed by atoms with Gasteiger partial charge in [-0.05, 0) is 65.4 Å². The van der Waals surface area contributed by atoms with Crippen LogP contribution in [0.1, 0.15) is 60.5 Å². The molecule has 50 heavy (non-hydrogen) atoms. The molecule has 1 aliphatic heterocycles. The van der Waals surface area contributed by atoms with E-state index in [0.29, 0.717) is 43.6 Å². The van der Waals surface area contributed by atoms with Crippen LogP contribution in [-0.2, 0) is 16.1 Å². The fourth-order valence-corrected chi connectivity index (χ4v) is 6.74. The molecule has 0 saturated carbocycles. The van der Waals surface area contributed by atoms with Crippen LogP contribution in [0.4, 0.5) is 5.69 Å². The average Bonchev–Trinajstić information content (AvgIpc) is 3.44. The van der Waals surface area contributed by atoms with Gasteiger partial charge in [0.25, 0.3) is 11.2 Å². The summed E-state index contributed by atoms with van der Waals surface area (Å²) in [6.45, 7) is 6.33. The molecule has 2 heterocycles. The van der Waals surface area contributed by atoms with E-state index >= 15 is 0 Å². The van der Waals surface area contributed by atoms with Gasteiger partial charge in [-0.3, -0.25) is 19.5 Å². The molecule has 0 bridgehead atoms. The summed E-state index contributed by atoms with van der Waals surface area (Å²) in [6.07, 6.45) is 1.77. The summed E-state index contributed by atoms with van der Waals surface area (Å²) in [5.41, 5.74) is 4.57. The second kappa shape index (κ2) is 14.8. The number of methoxy groups -OCH3 is 1. The van der Waals surface area contributed by atoms with E-state index in [-0.39, 0.29) is 24.5 Å². The van der Waals surface area contributed by atoms with Crippen molar-refractivity contribution >= 4 is 34.8 Å². The van der Waals surface area contributed by atoms with Gasteiger partial charge in [0.2, 0.25) is 0 Å². The van der Waals surface area contributed by atoms with Crippen LogP contribution in [0, 0.1) is 10.1 Å². The van der Waals surface area contributed by atoms with Gasteiger partial charge < -0.3 is 14.2 Å². The summed E-state index contributed by atoms with van der Waals surface area (Å²) < 4.78 is 19.2. The molecule has 0 radical (unpaired) electrons. The molecule has 0 fully saturated rings. The van der Waals surface area contributed by atoms with Crippen molar-refractivity contribution in [3.63, 3.8) is 0 Å². The Labute approximate surface area is 292 Å². The second-order valence-corrected chi connectivity index (χ2v) is 12.9. The molecule has 11 heteroatoms. The molecule has 0 spiro atoms. The highest BCUT2D eigenvalue weighted by Gasteiger charge is 2.35. The van der Waals surface area contributed by atoms with Crippen molar-refractivity contribution in [3.05, 3.63) is 160 Å². The highest BCUT2D eigenvalue weighted by atomic mass is 32.1. The van der Waals surface area contributed by atoms with Gasteiger partial charge in [-0.25, -0.2) is 9.79 Å². The van der Waals surface area contributed by atoms with Crippen LogP contribution in [0.2, 0.25) is 0 Å². The Balaban J connectivity index is 1.43. The Hall–Kier alpha value is -5.81. The number of fused-ring (bicyclic) bond motifs is 1. The molecule has 0 saturated heterocycles. The molecule has 6 rings (SSSR count). The molecule has 1 aromatic heterocycles. The quantitative estimate of drug-likeness (QED) is 0.0875. The molecule has 1 atom stereocenters. The zero-order valence-electron chi connectivity index (χ0n) is 28.0. The fourth-order valence-electron chi connectivity index (χ4n) is 5.74. The molecule has 254 valence electrons. The van der Waals surface area contributed by atoms with Crippen molar-refractivity contribution in [1.82, 2.24) is 4.57 Å². The predicted octanol–water partition coefficient (Wildman–Crippen LogP) is 6.55. The minimum absolute atomic E-state index is 0.00437. The number of aromatic nitrogens is 1. The number of thiazole rings is 1. The zero-order chi connectivity index (χ0) is 35.4. The Morgan fingerprint density at radius 3 is 2.36 bits per heavy atom. The number of ether oxygens (including phenoxy) is 3. The molecular formula is C39H35N3O7S. The smallest absolute Gasteiger partial charge is 0.338 e. The number of non-ortho nitro benzene ring substituents is 1. The molecule has 1 aliphatic rings. The zero-order valence-corrected chi connectivity index (χ0v) is 28.8. The van der Waals surface area contributed by atoms with E-state index in [2.05, 4.69) is 13.8 Å². The number of hydrogen-bond acceptors (Lipinski definition) is 9. The lowest BCUT2D eigenvalue weighted by atomic mass is 9.91. The standard InChI is InChI=1S/C39H35N3O7S/c1-5-48-38(44)34-35(28-9-7-6-8-10-28)40-39-41(36(34)29-16-14-27(15-17-29)24(2)3)37(43)33(50-39)22-26-13-20-31(32(21-26)47-4)49-23-25-11-18-30(19-12-25)42(45)46/h6-22,24,36H,5,23H2,1-4H3/b33-22-/t36-/m0/s1. The minimum Gasteiger partial charge on any atom is -0.493 e. The van der Waals surface area contributed by atoms with E-state index in [1.165, 1.54) is 30.6 Å². The summed E-state index contributed by atoms with van der Waals surface area (Å²) in [5, 5.41) is 11.0. The van der Waals surface area contributed by atoms with Gasteiger partial charge in [0.1, 0.15) is 6.61 Å². The number of carbonyl (C=O) groups excluding carboxylic acids is 1. The van der Waals surface area contributed by atoms with E-state index < -0.39 is 16.9 Å². The largest absolute Gasteiger partial charge is 0.493 e. The minimum atomic E-state index is -0.770. The predicted molar refractivity (Wildman–Crippen MR) is 192 cm³/mol. The number of carbonyl (C=O) groups is 1. The van der Waals surface area contributed by atoms with E-state index in [9.17, 15) is 19.7 Å². The van der Waals surface area contributed by atoms with Crippen LogP contribution in [0.3, 0.4) is 0 Å². The van der Waals surface area contributed by atoms with E-state index in [1.54, 1.807) is 41.8 Å². The monoisotopic (exact) mass is 689 g/mol. The van der Waals surface area contributed by atoms with Crippen molar-refractivity contribution in [3.8, 4) is 11.5 Å². The maximum atomic E-state index is 14.3. The van der Waals surface area contributed by atoms with Crippen molar-refractivity contribution in [2.24, 2.45) is 4.99 Å². The molecule has 10 nitrogen and oxygen atoms in total. The average molecular weight is 690 g/mol. The van der Waals surface area contributed by atoms with E-state index in [0.717, 1.165) is 22.3 Å². The van der Waals surface area contributed by atoms with Gasteiger partial charge >= 0.3 is 5.97 Å². The Kier molecular flexibility index (Phi) is 10.1. The third kappa shape index (κ3) is 6.99. The van der Waals surface area contributed by atoms with Crippen LogP contribution < -0.4 is 24.4 Å². The first-order valence-electron chi connectivity index (χ1n) is 16.1. The molecule has 5 aromatic rings. The van der Waals surface area contributed by atoms with Crippen molar-refractivity contribution in [2.45, 2.75) is 39.3 Å². The number of benzene rings is 4. The first-order valence-corrected chi connectivity index (χ1v) is 16.9. The van der Waals surface area contributed by atoms with Gasteiger partial charge in [0.15, 0.2) is 16.3 Å². The molecule has 0 amide bonds. The second-order valence-electron chi connectivity index (χ2n) is 11.9. The number of nitro benzene ring substituents is 1. The first-order chi connectivity index (χ1) is 24.2.